The van der Waals surface area contributed by atoms with Gasteiger partial charge < -0.3 is 5.32 Å². The molecule has 0 radical (unpaired) electrons. The van der Waals surface area contributed by atoms with Crippen LogP contribution in [0.3, 0.4) is 0 Å². The van der Waals surface area contributed by atoms with Gasteiger partial charge in [-0.25, -0.2) is 0 Å². The molecule has 0 aliphatic heterocycles. The predicted molar refractivity (Wildman–Crippen MR) is 69.0 cm³/mol. The third kappa shape index (κ3) is 3.92. The van der Waals surface area contributed by atoms with Gasteiger partial charge >= 0.3 is 0 Å². The van der Waals surface area contributed by atoms with E-state index in [0.29, 0.717) is 22.0 Å². The normalized spacial score (nSPS) is 14.7. The highest BCUT2D eigenvalue weighted by Gasteiger charge is 2.10. The Morgan fingerprint density at radius 2 is 1.67 bits per heavy atom. The monoisotopic (exact) mass is 245 g/mol. The molecule has 1 N–H and O–H groups in total. The molecule has 0 aliphatic carbocycles. The summed E-state index contributed by atoms with van der Waals surface area (Å²) in [7, 11) is 0. The molecule has 0 saturated heterocycles. The lowest BCUT2D eigenvalue weighted by molar-refractivity contribution is 0.494. The molecule has 3 heteroatoms. The van der Waals surface area contributed by atoms with Crippen molar-refractivity contribution in [1.29, 1.82) is 0 Å². The van der Waals surface area contributed by atoms with Crippen LogP contribution < -0.4 is 5.32 Å². The molecule has 0 aromatic heterocycles. The van der Waals surface area contributed by atoms with E-state index in [1.807, 2.05) is 12.1 Å². The Morgan fingerprint density at radius 3 is 2.13 bits per heavy atom. The molecule has 0 fully saturated rings. The number of benzene rings is 1. The van der Waals surface area contributed by atoms with Gasteiger partial charge in [0.25, 0.3) is 0 Å². The van der Waals surface area contributed by atoms with Crippen molar-refractivity contribution in [1.82, 2.24) is 0 Å². The highest BCUT2D eigenvalue weighted by Crippen LogP contribution is 2.24. The van der Waals surface area contributed by atoms with Crippen molar-refractivity contribution in [3.63, 3.8) is 0 Å². The van der Waals surface area contributed by atoms with Crippen molar-refractivity contribution in [2.45, 2.75) is 33.2 Å². The highest BCUT2D eigenvalue weighted by molar-refractivity contribution is 6.35. The summed E-state index contributed by atoms with van der Waals surface area (Å²) in [6.07, 6.45) is 1.16. The van der Waals surface area contributed by atoms with E-state index in [1.165, 1.54) is 0 Å². The van der Waals surface area contributed by atoms with Crippen LogP contribution in [-0.2, 0) is 0 Å². The second kappa shape index (κ2) is 5.62. The number of hydrogen-bond acceptors (Lipinski definition) is 1. The van der Waals surface area contributed by atoms with Crippen LogP contribution >= 0.6 is 23.2 Å². The summed E-state index contributed by atoms with van der Waals surface area (Å²) in [5, 5.41) is 4.74. The van der Waals surface area contributed by atoms with Crippen molar-refractivity contribution in [2.24, 2.45) is 5.92 Å². The van der Waals surface area contributed by atoms with Crippen molar-refractivity contribution in [3.05, 3.63) is 28.2 Å². The smallest absolute Gasteiger partial charge is 0.0441 e. The molecule has 0 spiro atoms. The van der Waals surface area contributed by atoms with Crippen LogP contribution in [0.4, 0.5) is 5.69 Å². The molecule has 2 unspecified atom stereocenters. The van der Waals surface area contributed by atoms with Gasteiger partial charge in [-0.3, -0.25) is 0 Å². The number of halogens is 2. The third-order valence-corrected chi connectivity index (χ3v) is 3.19. The molecular weight excluding hydrogens is 229 g/mol. The summed E-state index contributed by atoms with van der Waals surface area (Å²) in [5.74, 6) is 0.628. The average molecular weight is 246 g/mol. The first-order valence-corrected chi connectivity index (χ1v) is 6.01. The Balaban J connectivity index is 2.72. The van der Waals surface area contributed by atoms with Crippen molar-refractivity contribution < 1.29 is 0 Å². The second-order valence-electron chi connectivity index (χ2n) is 3.98. The molecule has 84 valence electrons. The van der Waals surface area contributed by atoms with Crippen LogP contribution in [0, 0.1) is 5.92 Å². The van der Waals surface area contributed by atoms with Gasteiger partial charge in [0, 0.05) is 21.8 Å². The van der Waals surface area contributed by atoms with Gasteiger partial charge in [-0.15, -0.1) is 0 Å². The topological polar surface area (TPSA) is 12.0 Å². The highest BCUT2D eigenvalue weighted by atomic mass is 35.5. The minimum Gasteiger partial charge on any atom is -0.382 e. The minimum atomic E-state index is 0.421. The molecule has 1 rings (SSSR count). The number of nitrogens with one attached hydrogen (secondary N) is 1. The van der Waals surface area contributed by atoms with Gasteiger partial charge in [-0.05, 0) is 31.0 Å². The second-order valence-corrected chi connectivity index (χ2v) is 4.85. The maximum Gasteiger partial charge on any atom is 0.0441 e. The molecule has 2 atom stereocenters. The van der Waals surface area contributed by atoms with Crippen LogP contribution in [0.1, 0.15) is 27.2 Å². The Kier molecular flexibility index (Phi) is 4.75. The minimum absolute atomic E-state index is 0.421. The number of hydrogen-bond donors (Lipinski definition) is 1. The molecule has 0 bridgehead atoms. The molecule has 0 heterocycles. The summed E-state index contributed by atoms with van der Waals surface area (Å²) >= 11 is 11.8. The summed E-state index contributed by atoms with van der Waals surface area (Å²) in [6.45, 7) is 6.58. The molecule has 1 aromatic rings. The summed E-state index contributed by atoms with van der Waals surface area (Å²) < 4.78 is 0. The fraction of sp³-hybridized carbons (Fsp3) is 0.500. The Hall–Kier alpha value is -0.400. The van der Waals surface area contributed by atoms with Crippen molar-refractivity contribution >= 4 is 28.9 Å². The lowest BCUT2D eigenvalue weighted by Gasteiger charge is -2.21. The lowest BCUT2D eigenvalue weighted by Crippen LogP contribution is -2.23. The zero-order valence-electron chi connectivity index (χ0n) is 9.35. The quantitative estimate of drug-likeness (QED) is 0.801. The summed E-state index contributed by atoms with van der Waals surface area (Å²) in [5.41, 5.74) is 0.986. The Morgan fingerprint density at radius 1 is 1.13 bits per heavy atom. The molecule has 0 amide bonds. The maximum atomic E-state index is 5.92. The molecule has 0 saturated carbocycles. The van der Waals surface area contributed by atoms with Crippen LogP contribution in [0.2, 0.25) is 10.0 Å². The van der Waals surface area contributed by atoms with Crippen LogP contribution in [-0.4, -0.2) is 6.04 Å². The van der Waals surface area contributed by atoms with Crippen LogP contribution in [0.25, 0.3) is 0 Å². The van der Waals surface area contributed by atoms with E-state index in [9.17, 15) is 0 Å². The van der Waals surface area contributed by atoms with E-state index >= 15 is 0 Å². The third-order valence-electron chi connectivity index (χ3n) is 2.75. The van der Waals surface area contributed by atoms with Gasteiger partial charge in [0.15, 0.2) is 0 Å². The van der Waals surface area contributed by atoms with Crippen LogP contribution in [0.5, 0.6) is 0 Å². The van der Waals surface area contributed by atoms with Crippen molar-refractivity contribution in [2.75, 3.05) is 5.32 Å². The summed E-state index contributed by atoms with van der Waals surface area (Å²) in [6, 6.07) is 5.95. The molecule has 0 aliphatic rings. The zero-order chi connectivity index (χ0) is 11.4. The molecular formula is C12H17Cl2N. The lowest BCUT2D eigenvalue weighted by atomic mass is 10.0. The van der Waals surface area contributed by atoms with E-state index in [1.54, 1.807) is 6.07 Å². The fourth-order valence-corrected chi connectivity index (χ4v) is 1.92. The van der Waals surface area contributed by atoms with E-state index in [-0.39, 0.29) is 0 Å². The first-order chi connectivity index (χ1) is 7.02. The fourth-order valence-electron chi connectivity index (χ4n) is 1.40. The van der Waals surface area contributed by atoms with E-state index in [0.717, 1.165) is 12.1 Å². The first kappa shape index (κ1) is 12.7. The number of anilines is 1. The molecule has 1 aromatic carbocycles. The standard InChI is InChI=1S/C12H17Cl2N/c1-4-8(2)9(3)15-12-6-10(13)5-11(14)7-12/h5-9,15H,4H2,1-3H3. The van der Waals surface area contributed by atoms with E-state index in [2.05, 4.69) is 26.1 Å². The average Bonchev–Trinajstić information content (AvgIpc) is 2.14. The van der Waals surface area contributed by atoms with E-state index < -0.39 is 0 Å². The zero-order valence-corrected chi connectivity index (χ0v) is 10.9. The van der Waals surface area contributed by atoms with Gasteiger partial charge in [0.05, 0.1) is 0 Å². The summed E-state index contributed by atoms with van der Waals surface area (Å²) in [4.78, 5) is 0. The van der Waals surface area contributed by atoms with Gasteiger partial charge in [-0.1, -0.05) is 43.5 Å². The maximum absolute atomic E-state index is 5.92. The predicted octanol–water partition coefficient (Wildman–Crippen LogP) is 4.84. The van der Waals surface area contributed by atoms with E-state index in [4.69, 9.17) is 23.2 Å². The molecule has 1 nitrogen and oxygen atoms in total. The largest absolute Gasteiger partial charge is 0.382 e. The first-order valence-electron chi connectivity index (χ1n) is 5.25. The molecule has 15 heavy (non-hydrogen) atoms. The van der Waals surface area contributed by atoms with Crippen molar-refractivity contribution in [3.8, 4) is 0 Å². The Labute approximate surface area is 102 Å². The Bertz CT molecular complexity index is 305. The van der Waals surface area contributed by atoms with Gasteiger partial charge in [0.2, 0.25) is 0 Å². The van der Waals surface area contributed by atoms with Gasteiger partial charge in [0.1, 0.15) is 0 Å². The number of rotatable bonds is 4. The van der Waals surface area contributed by atoms with Crippen LogP contribution in [0.15, 0.2) is 18.2 Å². The SMILES string of the molecule is CCC(C)C(C)Nc1cc(Cl)cc(Cl)c1. The van der Waals surface area contributed by atoms with Gasteiger partial charge in [-0.2, -0.15) is 0 Å².